The van der Waals surface area contributed by atoms with E-state index in [2.05, 4.69) is 0 Å². The van der Waals surface area contributed by atoms with Crippen LogP contribution in [0.5, 0.6) is 0 Å². The predicted octanol–water partition coefficient (Wildman–Crippen LogP) is 9.48. The molecule has 2 nitrogen and oxygen atoms in total. The Hall–Kier alpha value is -3.50. The summed E-state index contributed by atoms with van der Waals surface area (Å²) in [5.41, 5.74) is 5.72. The molecule has 0 spiro atoms. The average Bonchev–Trinajstić information content (AvgIpc) is 2.89. The molecule has 3 aromatic rings. The molecular weight excluding hydrogens is 490 g/mol. The number of benzene rings is 3. The van der Waals surface area contributed by atoms with Crippen molar-refractivity contribution >= 4 is 40.6 Å². The lowest BCUT2D eigenvalue weighted by Gasteiger charge is -2.20. The third-order valence-electron chi connectivity index (χ3n) is 6.11. The van der Waals surface area contributed by atoms with Gasteiger partial charge in [-0.15, -0.1) is 0 Å². The fraction of sp³-hybridized carbons (Fsp3) is 0.219. The highest BCUT2D eigenvalue weighted by Gasteiger charge is 2.21. The van der Waals surface area contributed by atoms with E-state index in [0.29, 0.717) is 36.1 Å². The van der Waals surface area contributed by atoms with Gasteiger partial charge in [-0.05, 0) is 83.9 Å². The lowest BCUT2D eigenvalue weighted by Crippen LogP contribution is -2.00. The topological polar surface area (TPSA) is 26.3 Å². The molecule has 0 radical (unpaired) electrons. The van der Waals surface area contributed by atoms with Crippen LogP contribution in [0.1, 0.15) is 61.4 Å². The number of hydrogen-bond acceptors (Lipinski definition) is 2. The molecule has 37 heavy (non-hydrogen) atoms. The highest BCUT2D eigenvalue weighted by molar-refractivity contribution is 6.32. The molecule has 192 valence electrons. The number of aryl methyl sites for hydroxylation is 1. The maximum absolute atomic E-state index is 16.2. The van der Waals surface area contributed by atoms with Gasteiger partial charge < -0.3 is 4.74 Å². The van der Waals surface area contributed by atoms with Crippen LogP contribution in [0, 0.1) is 12.7 Å². The fourth-order valence-corrected chi connectivity index (χ4v) is 4.59. The van der Waals surface area contributed by atoms with E-state index in [4.69, 9.17) is 16.3 Å². The van der Waals surface area contributed by atoms with E-state index in [1.807, 2.05) is 63.2 Å². The predicted molar refractivity (Wildman–Crippen MR) is 150 cm³/mol. The number of ether oxygens (including phenoxy) is 1. The SMILES string of the molecule is CCOC(=O)/C=C/c1ccc(C(/C(CC)=C(\F)c2ccccc2C)=C(/CC)c2ccc(F)cc2Cl)cc1. The van der Waals surface area contributed by atoms with Crippen LogP contribution in [-0.2, 0) is 9.53 Å². The van der Waals surface area contributed by atoms with Crippen molar-refractivity contribution in [3.8, 4) is 0 Å². The summed E-state index contributed by atoms with van der Waals surface area (Å²) < 4.78 is 35.0. The molecule has 0 amide bonds. The zero-order chi connectivity index (χ0) is 26.9. The summed E-state index contributed by atoms with van der Waals surface area (Å²) in [5.74, 6) is -1.14. The lowest BCUT2D eigenvalue weighted by atomic mass is 9.85. The van der Waals surface area contributed by atoms with Crippen molar-refractivity contribution in [3.63, 3.8) is 0 Å². The minimum atomic E-state index is -0.430. The molecule has 0 saturated heterocycles. The third-order valence-corrected chi connectivity index (χ3v) is 6.42. The fourth-order valence-electron chi connectivity index (χ4n) is 4.31. The summed E-state index contributed by atoms with van der Waals surface area (Å²) in [6.45, 7) is 7.84. The number of esters is 1. The van der Waals surface area contributed by atoms with Gasteiger partial charge in [0.2, 0.25) is 0 Å². The van der Waals surface area contributed by atoms with Gasteiger partial charge in [0.05, 0.1) is 11.6 Å². The van der Waals surface area contributed by atoms with E-state index in [1.165, 1.54) is 18.2 Å². The van der Waals surface area contributed by atoms with Crippen LogP contribution in [-0.4, -0.2) is 12.6 Å². The Morgan fingerprint density at radius 3 is 2.24 bits per heavy atom. The van der Waals surface area contributed by atoms with Crippen LogP contribution < -0.4 is 0 Å². The minimum Gasteiger partial charge on any atom is -0.463 e. The number of allylic oxidation sites excluding steroid dienone is 3. The van der Waals surface area contributed by atoms with Gasteiger partial charge in [-0.3, -0.25) is 0 Å². The second kappa shape index (κ2) is 13.2. The molecule has 0 N–H and O–H groups in total. The summed E-state index contributed by atoms with van der Waals surface area (Å²) >= 11 is 6.49. The van der Waals surface area contributed by atoms with Gasteiger partial charge in [0.25, 0.3) is 0 Å². The Morgan fingerprint density at radius 2 is 1.65 bits per heavy atom. The van der Waals surface area contributed by atoms with Crippen molar-refractivity contribution in [3.05, 3.63) is 117 Å². The maximum Gasteiger partial charge on any atom is 0.330 e. The average molecular weight is 521 g/mol. The Bertz CT molecular complexity index is 1350. The Balaban J connectivity index is 2.26. The second-order valence-electron chi connectivity index (χ2n) is 8.50. The summed E-state index contributed by atoms with van der Waals surface area (Å²) in [5, 5.41) is 0.273. The molecule has 3 rings (SSSR count). The van der Waals surface area contributed by atoms with Crippen LogP contribution in [0.3, 0.4) is 0 Å². The Morgan fingerprint density at radius 1 is 0.946 bits per heavy atom. The molecular formula is C32H31ClF2O2. The number of hydrogen-bond donors (Lipinski definition) is 0. The summed E-state index contributed by atoms with van der Waals surface area (Å²) in [4.78, 5) is 11.7. The van der Waals surface area contributed by atoms with Gasteiger partial charge >= 0.3 is 5.97 Å². The van der Waals surface area contributed by atoms with E-state index in [9.17, 15) is 9.18 Å². The molecule has 0 unspecified atom stereocenters. The van der Waals surface area contributed by atoms with Crippen LogP contribution in [0.15, 0.2) is 78.4 Å². The normalized spacial score (nSPS) is 12.8. The number of rotatable bonds is 9. The molecule has 3 aromatic carbocycles. The molecule has 0 saturated carbocycles. The molecule has 0 aromatic heterocycles. The highest BCUT2D eigenvalue weighted by atomic mass is 35.5. The number of carbonyl (C=O) groups excluding carboxylic acids is 1. The van der Waals surface area contributed by atoms with Gasteiger partial charge in [0, 0.05) is 11.6 Å². The van der Waals surface area contributed by atoms with Gasteiger partial charge in [0.15, 0.2) is 0 Å². The molecule has 0 heterocycles. The van der Waals surface area contributed by atoms with Crippen molar-refractivity contribution < 1.29 is 18.3 Å². The van der Waals surface area contributed by atoms with Crippen LogP contribution >= 0.6 is 11.6 Å². The van der Waals surface area contributed by atoms with Crippen molar-refractivity contribution in [1.82, 2.24) is 0 Å². The van der Waals surface area contributed by atoms with Gasteiger partial charge in [-0.25, -0.2) is 13.6 Å². The van der Waals surface area contributed by atoms with E-state index in [1.54, 1.807) is 25.1 Å². The van der Waals surface area contributed by atoms with Crippen LogP contribution in [0.4, 0.5) is 8.78 Å². The first-order chi connectivity index (χ1) is 17.8. The monoisotopic (exact) mass is 520 g/mol. The Kier molecular flexibility index (Phi) is 9.99. The molecule has 0 atom stereocenters. The summed E-state index contributed by atoms with van der Waals surface area (Å²) in [6.07, 6.45) is 4.03. The largest absolute Gasteiger partial charge is 0.463 e. The quantitative estimate of drug-likeness (QED) is 0.121. The smallest absolute Gasteiger partial charge is 0.330 e. The maximum atomic E-state index is 16.2. The van der Waals surface area contributed by atoms with Crippen LogP contribution in [0.25, 0.3) is 23.0 Å². The first-order valence-electron chi connectivity index (χ1n) is 12.4. The Labute approximate surface area is 222 Å². The molecule has 0 aliphatic rings. The highest BCUT2D eigenvalue weighted by Crippen LogP contribution is 2.42. The molecule has 5 heteroatoms. The first kappa shape index (κ1) is 28.1. The van der Waals surface area contributed by atoms with Crippen molar-refractivity contribution in [2.45, 2.75) is 40.5 Å². The zero-order valence-electron chi connectivity index (χ0n) is 21.6. The summed E-state index contributed by atoms with van der Waals surface area (Å²) in [6, 6.07) is 19.2. The zero-order valence-corrected chi connectivity index (χ0v) is 22.3. The molecule has 0 aliphatic carbocycles. The lowest BCUT2D eigenvalue weighted by molar-refractivity contribution is -0.137. The van der Waals surface area contributed by atoms with E-state index in [0.717, 1.165) is 27.8 Å². The van der Waals surface area contributed by atoms with Crippen LogP contribution in [0.2, 0.25) is 5.02 Å². The van der Waals surface area contributed by atoms with Gasteiger partial charge in [0.1, 0.15) is 11.6 Å². The number of carbonyl (C=O) groups is 1. The summed E-state index contributed by atoms with van der Waals surface area (Å²) in [7, 11) is 0. The first-order valence-corrected chi connectivity index (χ1v) is 12.8. The van der Waals surface area contributed by atoms with E-state index in [-0.39, 0.29) is 10.8 Å². The minimum absolute atomic E-state index is 0.273. The molecule has 0 bridgehead atoms. The van der Waals surface area contributed by atoms with Crippen molar-refractivity contribution in [2.24, 2.45) is 0 Å². The van der Waals surface area contributed by atoms with E-state index >= 15 is 4.39 Å². The third kappa shape index (κ3) is 6.84. The van der Waals surface area contributed by atoms with Crippen molar-refractivity contribution in [1.29, 1.82) is 0 Å². The van der Waals surface area contributed by atoms with Crippen molar-refractivity contribution in [2.75, 3.05) is 6.61 Å². The second-order valence-corrected chi connectivity index (χ2v) is 8.91. The molecule has 0 aliphatic heterocycles. The standard InChI is InChI=1S/C32H31ClF2O2/c1-5-25(28-18-17-24(34)20-29(28)33)31(26(6-2)32(35)27-11-9-8-10-21(27)4)23-15-12-22(13-16-23)14-19-30(36)37-7-3/h8-20H,5-7H2,1-4H3/b19-14+,31-25+,32-26-. The van der Waals surface area contributed by atoms with Gasteiger partial charge in [-0.1, -0.05) is 80.0 Å². The van der Waals surface area contributed by atoms with Gasteiger partial charge in [-0.2, -0.15) is 0 Å². The van der Waals surface area contributed by atoms with E-state index < -0.39 is 11.8 Å². The molecule has 0 fully saturated rings. The number of halogens is 3.